The molecule has 0 aromatic heterocycles. The predicted octanol–water partition coefficient (Wildman–Crippen LogP) is -1.18. The number of nitrogens with zero attached hydrogens (tertiary/aromatic N) is 1. The van der Waals surface area contributed by atoms with Crippen LogP contribution in [-0.4, -0.2) is 5.71 Å². The molecule has 2 heteroatoms. The standard InChI is InChI=1S/C5H10N.Na/c1-3-4-5(2)6;/h3-4H2,1-2H3;/q-1;+1. The first-order valence-electron chi connectivity index (χ1n) is 2.28. The van der Waals surface area contributed by atoms with Gasteiger partial charge < -0.3 is 5.41 Å². The van der Waals surface area contributed by atoms with Gasteiger partial charge in [-0.15, -0.1) is 0 Å². The van der Waals surface area contributed by atoms with Crippen LogP contribution < -0.4 is 29.6 Å². The minimum Gasteiger partial charge on any atom is -0.811 e. The fraction of sp³-hybridized carbons (Fsp3) is 0.800. The molecule has 0 bridgehead atoms. The summed E-state index contributed by atoms with van der Waals surface area (Å²) in [7, 11) is 0. The molecule has 0 unspecified atom stereocenters. The SMILES string of the molecule is CCCC(C)=[N-].[Na+]. The molecule has 0 heterocycles. The van der Waals surface area contributed by atoms with Crippen LogP contribution in [0.2, 0.25) is 0 Å². The van der Waals surface area contributed by atoms with Crippen molar-refractivity contribution in [2.24, 2.45) is 0 Å². The van der Waals surface area contributed by atoms with Crippen LogP contribution in [0.1, 0.15) is 26.7 Å². The van der Waals surface area contributed by atoms with Crippen LogP contribution in [0.3, 0.4) is 0 Å². The molecule has 0 saturated carbocycles. The van der Waals surface area contributed by atoms with E-state index in [1.165, 1.54) is 0 Å². The number of hydrogen-bond donors (Lipinski definition) is 0. The van der Waals surface area contributed by atoms with E-state index in [1.807, 2.05) is 6.92 Å². The molecule has 36 valence electrons. The van der Waals surface area contributed by atoms with Gasteiger partial charge in [0.2, 0.25) is 0 Å². The van der Waals surface area contributed by atoms with E-state index >= 15 is 0 Å². The van der Waals surface area contributed by atoms with E-state index in [4.69, 9.17) is 5.41 Å². The summed E-state index contributed by atoms with van der Waals surface area (Å²) in [5, 5.41) is 8.47. The third kappa shape index (κ3) is 10.8. The fourth-order valence-corrected chi connectivity index (χ4v) is 0.362. The average Bonchev–Trinajstić information content (AvgIpc) is 1.35. The first-order chi connectivity index (χ1) is 2.77. The van der Waals surface area contributed by atoms with Crippen molar-refractivity contribution in [1.82, 2.24) is 0 Å². The molecule has 0 aromatic carbocycles. The second kappa shape index (κ2) is 6.67. The van der Waals surface area contributed by atoms with E-state index in [-0.39, 0.29) is 29.6 Å². The second-order valence-corrected chi connectivity index (χ2v) is 1.49. The zero-order valence-corrected chi connectivity index (χ0v) is 7.36. The van der Waals surface area contributed by atoms with Crippen LogP contribution in [0, 0.1) is 0 Å². The van der Waals surface area contributed by atoms with Gasteiger partial charge in [0.05, 0.1) is 0 Å². The van der Waals surface area contributed by atoms with Crippen molar-refractivity contribution in [1.29, 1.82) is 0 Å². The summed E-state index contributed by atoms with van der Waals surface area (Å²) in [4.78, 5) is 0. The topological polar surface area (TPSA) is 22.3 Å². The Balaban J connectivity index is 0. The van der Waals surface area contributed by atoms with Crippen LogP contribution in [0.5, 0.6) is 0 Å². The largest absolute Gasteiger partial charge is 1.00 e. The first kappa shape index (κ1) is 10.6. The summed E-state index contributed by atoms with van der Waals surface area (Å²) in [5.41, 5.74) is 0.539. The predicted molar refractivity (Wildman–Crippen MR) is 28.9 cm³/mol. The normalized spacial score (nSPS) is 7.14. The average molecular weight is 107 g/mol. The zero-order chi connectivity index (χ0) is 4.99. The second-order valence-electron chi connectivity index (χ2n) is 1.49. The Labute approximate surface area is 67.3 Å². The molecule has 0 atom stereocenters. The molecule has 7 heavy (non-hydrogen) atoms. The molecule has 0 aromatic rings. The molecule has 0 N–H and O–H groups in total. The maximum Gasteiger partial charge on any atom is 1.00 e. The smallest absolute Gasteiger partial charge is 0.811 e. The van der Waals surface area contributed by atoms with Crippen molar-refractivity contribution in [3.8, 4) is 0 Å². The van der Waals surface area contributed by atoms with E-state index in [2.05, 4.69) is 0 Å². The van der Waals surface area contributed by atoms with Crippen LogP contribution >= 0.6 is 0 Å². The van der Waals surface area contributed by atoms with Crippen molar-refractivity contribution in [2.75, 3.05) is 0 Å². The summed E-state index contributed by atoms with van der Waals surface area (Å²) < 4.78 is 0. The third-order valence-corrected chi connectivity index (χ3v) is 0.612. The molecule has 0 radical (unpaired) electrons. The van der Waals surface area contributed by atoms with Gasteiger partial charge in [-0.2, -0.15) is 0 Å². The third-order valence-electron chi connectivity index (χ3n) is 0.612. The molecule has 0 aliphatic heterocycles. The van der Waals surface area contributed by atoms with Gasteiger partial charge in [-0.05, 0) is 0 Å². The quantitative estimate of drug-likeness (QED) is 0.313. The summed E-state index contributed by atoms with van der Waals surface area (Å²) in [6, 6.07) is 0. The summed E-state index contributed by atoms with van der Waals surface area (Å²) >= 11 is 0. The van der Waals surface area contributed by atoms with Crippen LogP contribution in [0.15, 0.2) is 0 Å². The van der Waals surface area contributed by atoms with E-state index in [0.29, 0.717) is 5.71 Å². The van der Waals surface area contributed by atoms with E-state index < -0.39 is 0 Å². The summed E-state index contributed by atoms with van der Waals surface area (Å²) in [6.07, 6.45) is 1.89. The molecular formula is C5H10NNa. The van der Waals surface area contributed by atoms with Gasteiger partial charge in [-0.25, -0.2) is 5.71 Å². The van der Waals surface area contributed by atoms with Gasteiger partial charge in [-0.3, -0.25) is 0 Å². The maximum absolute atomic E-state index is 8.47. The molecule has 0 aliphatic rings. The molecule has 0 amide bonds. The zero-order valence-electron chi connectivity index (χ0n) is 5.36. The maximum atomic E-state index is 8.47. The number of rotatable bonds is 2. The van der Waals surface area contributed by atoms with Crippen LogP contribution in [-0.2, 0) is 0 Å². The Bertz CT molecular complexity index is 52.0. The van der Waals surface area contributed by atoms with Crippen molar-refractivity contribution in [3.05, 3.63) is 5.41 Å². The van der Waals surface area contributed by atoms with Gasteiger partial charge in [0, 0.05) is 0 Å². The van der Waals surface area contributed by atoms with Crippen molar-refractivity contribution in [2.45, 2.75) is 26.7 Å². The van der Waals surface area contributed by atoms with Crippen LogP contribution in [0.4, 0.5) is 0 Å². The van der Waals surface area contributed by atoms with E-state index in [0.717, 1.165) is 12.8 Å². The van der Waals surface area contributed by atoms with Gasteiger partial charge in [0.15, 0.2) is 0 Å². The molecule has 1 nitrogen and oxygen atoms in total. The molecule has 0 rings (SSSR count). The number of hydrogen-bond acceptors (Lipinski definition) is 0. The molecule has 0 aliphatic carbocycles. The van der Waals surface area contributed by atoms with Crippen LogP contribution in [0.25, 0.3) is 5.41 Å². The fourth-order valence-electron chi connectivity index (χ4n) is 0.362. The van der Waals surface area contributed by atoms with Crippen molar-refractivity contribution < 1.29 is 29.6 Å². The Morgan fingerprint density at radius 2 is 2.00 bits per heavy atom. The Morgan fingerprint density at radius 1 is 1.57 bits per heavy atom. The summed E-state index contributed by atoms with van der Waals surface area (Å²) in [6.45, 7) is 3.77. The monoisotopic (exact) mass is 107 g/mol. The first-order valence-corrected chi connectivity index (χ1v) is 2.28. The van der Waals surface area contributed by atoms with E-state index in [1.54, 1.807) is 6.92 Å². The Kier molecular flexibility index (Phi) is 10.1. The molecule has 0 saturated heterocycles. The Morgan fingerprint density at radius 3 is 2.00 bits per heavy atom. The summed E-state index contributed by atoms with van der Waals surface area (Å²) in [5.74, 6) is 0. The molecular weight excluding hydrogens is 97.1 g/mol. The molecule has 0 fully saturated rings. The van der Waals surface area contributed by atoms with Crippen molar-refractivity contribution >= 4 is 5.71 Å². The van der Waals surface area contributed by atoms with Crippen molar-refractivity contribution in [3.63, 3.8) is 0 Å². The van der Waals surface area contributed by atoms with Gasteiger partial charge in [0.1, 0.15) is 0 Å². The Hall–Kier alpha value is 0.670. The molecule has 0 spiro atoms. The van der Waals surface area contributed by atoms with E-state index in [9.17, 15) is 0 Å². The van der Waals surface area contributed by atoms with Gasteiger partial charge in [0.25, 0.3) is 0 Å². The van der Waals surface area contributed by atoms with Gasteiger partial charge in [-0.1, -0.05) is 26.7 Å². The van der Waals surface area contributed by atoms with Gasteiger partial charge >= 0.3 is 29.6 Å². The minimum atomic E-state index is 0. The minimum absolute atomic E-state index is 0.